The molecule has 0 aliphatic carbocycles. The average Bonchev–Trinajstić information content (AvgIpc) is 3.09. The van der Waals surface area contributed by atoms with Crippen molar-refractivity contribution < 1.29 is 9.53 Å². The summed E-state index contributed by atoms with van der Waals surface area (Å²) in [5.74, 6) is 1.20. The number of ether oxygens (including phenoxy) is 1. The number of fused-ring (bicyclic) bond motifs is 1. The molecule has 0 spiro atoms. The predicted octanol–water partition coefficient (Wildman–Crippen LogP) is 2.82. The van der Waals surface area contributed by atoms with Gasteiger partial charge in [0.2, 0.25) is 5.91 Å². The number of carbonyl (C=O) groups excluding carboxylic acids is 1. The second-order valence-corrected chi connectivity index (χ2v) is 6.92. The van der Waals surface area contributed by atoms with Crippen LogP contribution in [0.3, 0.4) is 0 Å². The Bertz CT molecular complexity index is 779. The average molecular weight is 336 g/mol. The molecule has 1 fully saturated rings. The van der Waals surface area contributed by atoms with E-state index < -0.39 is 0 Å². The summed E-state index contributed by atoms with van der Waals surface area (Å²) in [5, 5.41) is 0. The molecule has 2 aromatic rings. The number of benzene rings is 2. The summed E-state index contributed by atoms with van der Waals surface area (Å²) in [4.78, 5) is 17.0. The van der Waals surface area contributed by atoms with Crippen LogP contribution in [-0.4, -0.2) is 43.6 Å². The van der Waals surface area contributed by atoms with Gasteiger partial charge in [-0.25, -0.2) is 0 Å². The van der Waals surface area contributed by atoms with Gasteiger partial charge in [0.05, 0.1) is 13.0 Å². The molecule has 130 valence electrons. The normalized spacial score (nSPS) is 16.5. The summed E-state index contributed by atoms with van der Waals surface area (Å²) in [5.41, 5.74) is 4.85. The van der Waals surface area contributed by atoms with Crippen LogP contribution in [0.25, 0.3) is 0 Å². The van der Waals surface area contributed by atoms with Crippen molar-refractivity contribution in [3.8, 4) is 5.75 Å². The second kappa shape index (κ2) is 6.79. The van der Waals surface area contributed by atoms with Gasteiger partial charge in [-0.1, -0.05) is 24.3 Å². The predicted molar refractivity (Wildman–Crippen MR) is 99.3 cm³/mol. The molecule has 1 saturated heterocycles. The van der Waals surface area contributed by atoms with E-state index in [1.807, 2.05) is 17.0 Å². The Morgan fingerprint density at radius 3 is 2.72 bits per heavy atom. The van der Waals surface area contributed by atoms with E-state index in [0.29, 0.717) is 6.42 Å². The van der Waals surface area contributed by atoms with Gasteiger partial charge in [-0.2, -0.15) is 0 Å². The minimum Gasteiger partial charge on any atom is -0.493 e. The lowest BCUT2D eigenvalue weighted by atomic mass is 10.1. The van der Waals surface area contributed by atoms with Gasteiger partial charge < -0.3 is 14.5 Å². The Morgan fingerprint density at radius 2 is 1.92 bits per heavy atom. The monoisotopic (exact) mass is 336 g/mol. The minimum absolute atomic E-state index is 0.225. The minimum atomic E-state index is 0.225. The molecule has 2 aliphatic rings. The summed E-state index contributed by atoms with van der Waals surface area (Å²) >= 11 is 0. The second-order valence-electron chi connectivity index (χ2n) is 6.92. The molecule has 4 nitrogen and oxygen atoms in total. The van der Waals surface area contributed by atoms with Gasteiger partial charge in [-0.05, 0) is 41.8 Å². The fourth-order valence-corrected chi connectivity index (χ4v) is 3.68. The lowest BCUT2D eigenvalue weighted by Crippen LogP contribution is -2.49. The standard InChI is InChI=1S/C21H24N2O2/c1-16-3-2-4-19(13-16)22-8-10-23(11-9-22)21(24)15-17-5-6-20-18(14-17)7-12-25-20/h2-6,13-14H,7-12,15H2,1H3. The molecule has 0 saturated carbocycles. The van der Waals surface area contributed by atoms with Crippen LogP contribution < -0.4 is 9.64 Å². The number of piperazine rings is 1. The van der Waals surface area contributed by atoms with Gasteiger partial charge in [0.25, 0.3) is 0 Å². The van der Waals surface area contributed by atoms with Gasteiger partial charge >= 0.3 is 0 Å². The number of nitrogens with zero attached hydrogens (tertiary/aromatic N) is 2. The molecule has 25 heavy (non-hydrogen) atoms. The Labute approximate surface area is 149 Å². The number of hydrogen-bond acceptors (Lipinski definition) is 3. The maximum absolute atomic E-state index is 12.6. The first kappa shape index (κ1) is 16.0. The van der Waals surface area contributed by atoms with E-state index in [9.17, 15) is 4.79 Å². The van der Waals surface area contributed by atoms with E-state index in [1.54, 1.807) is 0 Å². The molecule has 2 heterocycles. The fourth-order valence-electron chi connectivity index (χ4n) is 3.68. The fraction of sp³-hybridized carbons (Fsp3) is 0.381. The van der Waals surface area contributed by atoms with Gasteiger partial charge in [0.15, 0.2) is 0 Å². The highest BCUT2D eigenvalue weighted by atomic mass is 16.5. The van der Waals surface area contributed by atoms with Crippen LogP contribution in [-0.2, 0) is 17.6 Å². The number of rotatable bonds is 3. The highest BCUT2D eigenvalue weighted by Crippen LogP contribution is 2.26. The van der Waals surface area contributed by atoms with Gasteiger partial charge in [0.1, 0.15) is 5.75 Å². The summed E-state index contributed by atoms with van der Waals surface area (Å²) in [7, 11) is 0. The smallest absolute Gasteiger partial charge is 0.227 e. The number of aryl methyl sites for hydroxylation is 1. The largest absolute Gasteiger partial charge is 0.493 e. The highest BCUT2D eigenvalue weighted by molar-refractivity contribution is 5.79. The molecule has 0 bridgehead atoms. The number of carbonyl (C=O) groups is 1. The summed E-state index contributed by atoms with van der Waals surface area (Å²) in [6.07, 6.45) is 1.43. The van der Waals surface area contributed by atoms with Crippen molar-refractivity contribution in [3.05, 3.63) is 59.2 Å². The zero-order valence-electron chi connectivity index (χ0n) is 14.7. The highest BCUT2D eigenvalue weighted by Gasteiger charge is 2.22. The quantitative estimate of drug-likeness (QED) is 0.864. The molecule has 0 radical (unpaired) electrons. The third-order valence-corrected chi connectivity index (χ3v) is 5.11. The van der Waals surface area contributed by atoms with Gasteiger partial charge in [-0.3, -0.25) is 4.79 Å². The lowest BCUT2D eigenvalue weighted by Gasteiger charge is -2.36. The first-order chi connectivity index (χ1) is 12.2. The Morgan fingerprint density at radius 1 is 1.08 bits per heavy atom. The van der Waals surface area contributed by atoms with Crippen molar-refractivity contribution in [1.29, 1.82) is 0 Å². The molecule has 4 rings (SSSR count). The molecule has 0 unspecified atom stereocenters. The van der Waals surface area contributed by atoms with E-state index in [1.165, 1.54) is 16.8 Å². The van der Waals surface area contributed by atoms with Gasteiger partial charge in [0, 0.05) is 38.3 Å². The Hall–Kier alpha value is -2.49. The Balaban J connectivity index is 1.35. The van der Waals surface area contributed by atoms with Crippen molar-refractivity contribution >= 4 is 11.6 Å². The van der Waals surface area contributed by atoms with Crippen LogP contribution in [0.1, 0.15) is 16.7 Å². The molecular formula is C21H24N2O2. The molecule has 0 atom stereocenters. The molecular weight excluding hydrogens is 312 g/mol. The van der Waals surface area contributed by atoms with Crippen molar-refractivity contribution in [2.45, 2.75) is 19.8 Å². The molecule has 0 aromatic heterocycles. The van der Waals surface area contributed by atoms with E-state index in [4.69, 9.17) is 4.74 Å². The van der Waals surface area contributed by atoms with Crippen LogP contribution >= 0.6 is 0 Å². The third kappa shape index (κ3) is 3.48. The van der Waals surface area contributed by atoms with Crippen molar-refractivity contribution in [3.63, 3.8) is 0 Å². The lowest BCUT2D eigenvalue weighted by molar-refractivity contribution is -0.130. The van der Waals surface area contributed by atoms with Crippen molar-refractivity contribution in [2.24, 2.45) is 0 Å². The summed E-state index contributed by atoms with van der Waals surface area (Å²) in [6, 6.07) is 14.7. The van der Waals surface area contributed by atoms with E-state index in [0.717, 1.165) is 50.5 Å². The summed E-state index contributed by atoms with van der Waals surface area (Å²) in [6.45, 7) is 6.25. The SMILES string of the molecule is Cc1cccc(N2CCN(C(=O)Cc3ccc4c(c3)CCO4)CC2)c1. The molecule has 1 amide bonds. The maximum atomic E-state index is 12.6. The van der Waals surface area contributed by atoms with Crippen LogP contribution in [0.15, 0.2) is 42.5 Å². The summed E-state index contributed by atoms with van der Waals surface area (Å²) < 4.78 is 5.54. The van der Waals surface area contributed by atoms with E-state index in [2.05, 4.69) is 42.2 Å². The molecule has 2 aromatic carbocycles. The zero-order valence-corrected chi connectivity index (χ0v) is 14.7. The number of anilines is 1. The van der Waals surface area contributed by atoms with Crippen molar-refractivity contribution in [2.75, 3.05) is 37.7 Å². The molecule has 2 aliphatic heterocycles. The van der Waals surface area contributed by atoms with Crippen LogP contribution in [0.5, 0.6) is 5.75 Å². The Kier molecular flexibility index (Phi) is 4.35. The first-order valence-electron chi connectivity index (χ1n) is 9.03. The number of hydrogen-bond donors (Lipinski definition) is 0. The first-order valence-corrected chi connectivity index (χ1v) is 9.03. The van der Waals surface area contributed by atoms with Crippen molar-refractivity contribution in [1.82, 2.24) is 4.90 Å². The molecule has 0 N–H and O–H groups in total. The van der Waals surface area contributed by atoms with E-state index in [-0.39, 0.29) is 5.91 Å². The number of amides is 1. The van der Waals surface area contributed by atoms with E-state index >= 15 is 0 Å². The van der Waals surface area contributed by atoms with Crippen LogP contribution in [0.2, 0.25) is 0 Å². The third-order valence-electron chi connectivity index (χ3n) is 5.11. The molecule has 4 heteroatoms. The zero-order chi connectivity index (χ0) is 17.2. The van der Waals surface area contributed by atoms with Crippen LogP contribution in [0.4, 0.5) is 5.69 Å². The topological polar surface area (TPSA) is 32.8 Å². The van der Waals surface area contributed by atoms with Gasteiger partial charge in [-0.15, -0.1) is 0 Å². The maximum Gasteiger partial charge on any atom is 0.227 e. The van der Waals surface area contributed by atoms with Crippen LogP contribution in [0, 0.1) is 6.92 Å².